The number of likely N-dealkylation sites (N-methyl/N-ethyl adjacent to an activating group) is 1. The van der Waals surface area contributed by atoms with E-state index in [1.165, 1.54) is 0 Å². The molecule has 1 rings (SSSR count). The summed E-state index contributed by atoms with van der Waals surface area (Å²) in [4.78, 5) is 25.2. The molecule has 1 aromatic carbocycles. The summed E-state index contributed by atoms with van der Waals surface area (Å²) in [6.07, 6.45) is 0. The van der Waals surface area contributed by atoms with Crippen LogP contribution in [0.4, 0.5) is 4.79 Å². The molecular weight excluding hydrogens is 294 g/mol. The summed E-state index contributed by atoms with van der Waals surface area (Å²) in [5.74, 6) is -0.0848. The van der Waals surface area contributed by atoms with Crippen LogP contribution in [-0.2, 0) is 11.3 Å². The molecule has 7 nitrogen and oxygen atoms in total. The summed E-state index contributed by atoms with van der Waals surface area (Å²) in [6, 6.07) is 8.37. The average molecular weight is 319 g/mol. The Labute approximate surface area is 136 Å². The van der Waals surface area contributed by atoms with E-state index in [0.717, 1.165) is 5.56 Å². The number of benzene rings is 1. The Morgan fingerprint density at radius 1 is 1.22 bits per heavy atom. The van der Waals surface area contributed by atoms with Gasteiger partial charge < -0.3 is 10.6 Å². The zero-order chi connectivity index (χ0) is 17.2. The number of nitrogens with one attached hydrogen (secondary N) is 2. The smallest absolute Gasteiger partial charge is 0.332 e. The van der Waals surface area contributed by atoms with E-state index in [0.29, 0.717) is 25.3 Å². The third-order valence-electron chi connectivity index (χ3n) is 3.44. The molecule has 0 aliphatic carbocycles. The number of hydrazone groups is 1. The van der Waals surface area contributed by atoms with Crippen LogP contribution in [-0.4, -0.2) is 41.7 Å². The standard InChI is InChI=1S/C16H25N5O2/c1-4-21(5-2)15(22)14(12(3)19-20-16(17)23)18-11-13-9-7-6-8-10-13/h6-10,14,18H,4-5,11H2,1-3H3,(H3,17,20,23)/b19-12+. The number of hydrogen-bond donors (Lipinski definition) is 3. The van der Waals surface area contributed by atoms with Gasteiger partial charge in [-0.1, -0.05) is 30.3 Å². The first-order valence-corrected chi connectivity index (χ1v) is 7.65. The Morgan fingerprint density at radius 2 is 1.83 bits per heavy atom. The molecule has 0 saturated carbocycles. The predicted octanol–water partition coefficient (Wildman–Crippen LogP) is 1.06. The topological polar surface area (TPSA) is 99.8 Å². The summed E-state index contributed by atoms with van der Waals surface area (Å²) in [6.45, 7) is 7.25. The largest absolute Gasteiger partial charge is 0.350 e. The zero-order valence-electron chi connectivity index (χ0n) is 13.9. The van der Waals surface area contributed by atoms with Crippen LogP contribution in [0.25, 0.3) is 0 Å². The van der Waals surface area contributed by atoms with E-state index in [1.807, 2.05) is 44.2 Å². The van der Waals surface area contributed by atoms with E-state index in [4.69, 9.17) is 5.73 Å². The SMILES string of the molecule is CCN(CC)C(=O)C(NCc1ccccc1)/C(C)=N/NC(N)=O. The van der Waals surface area contributed by atoms with Crippen molar-refractivity contribution in [2.45, 2.75) is 33.4 Å². The minimum Gasteiger partial charge on any atom is -0.350 e. The molecule has 1 unspecified atom stereocenters. The van der Waals surface area contributed by atoms with Gasteiger partial charge in [0.25, 0.3) is 0 Å². The maximum atomic E-state index is 12.7. The third-order valence-corrected chi connectivity index (χ3v) is 3.44. The van der Waals surface area contributed by atoms with E-state index < -0.39 is 12.1 Å². The van der Waals surface area contributed by atoms with Gasteiger partial charge in [-0.05, 0) is 26.3 Å². The average Bonchev–Trinajstić information content (AvgIpc) is 2.55. The second-order valence-corrected chi connectivity index (χ2v) is 5.04. The highest BCUT2D eigenvalue weighted by atomic mass is 16.2. The van der Waals surface area contributed by atoms with Gasteiger partial charge >= 0.3 is 6.03 Å². The number of amides is 3. The molecule has 0 radical (unpaired) electrons. The van der Waals surface area contributed by atoms with E-state index >= 15 is 0 Å². The van der Waals surface area contributed by atoms with Gasteiger partial charge in [-0.25, -0.2) is 10.2 Å². The summed E-state index contributed by atoms with van der Waals surface area (Å²) < 4.78 is 0. The van der Waals surface area contributed by atoms with Gasteiger partial charge in [-0.15, -0.1) is 0 Å². The molecule has 23 heavy (non-hydrogen) atoms. The van der Waals surface area contributed by atoms with Crippen LogP contribution in [0.15, 0.2) is 35.4 Å². The minimum absolute atomic E-state index is 0.0848. The highest BCUT2D eigenvalue weighted by Crippen LogP contribution is 2.03. The molecule has 7 heteroatoms. The molecule has 0 fully saturated rings. The van der Waals surface area contributed by atoms with Crippen molar-refractivity contribution in [2.24, 2.45) is 10.8 Å². The van der Waals surface area contributed by atoms with Crippen LogP contribution in [0.5, 0.6) is 0 Å². The molecule has 1 atom stereocenters. The third kappa shape index (κ3) is 6.07. The van der Waals surface area contributed by atoms with Gasteiger partial charge in [-0.3, -0.25) is 10.1 Å². The number of nitrogens with zero attached hydrogens (tertiary/aromatic N) is 2. The second kappa shape index (κ2) is 9.58. The van der Waals surface area contributed by atoms with Crippen molar-refractivity contribution in [3.05, 3.63) is 35.9 Å². The Hall–Kier alpha value is -2.41. The monoisotopic (exact) mass is 319 g/mol. The number of urea groups is 1. The van der Waals surface area contributed by atoms with Gasteiger partial charge in [-0.2, -0.15) is 5.10 Å². The van der Waals surface area contributed by atoms with Gasteiger partial charge in [0.05, 0.1) is 5.71 Å². The number of rotatable bonds is 8. The quantitative estimate of drug-likeness (QED) is 0.493. The molecule has 0 aromatic heterocycles. The normalized spacial score (nSPS) is 12.6. The number of hydrogen-bond acceptors (Lipinski definition) is 4. The van der Waals surface area contributed by atoms with Crippen molar-refractivity contribution in [1.82, 2.24) is 15.6 Å². The Balaban J connectivity index is 2.88. The zero-order valence-corrected chi connectivity index (χ0v) is 13.9. The van der Waals surface area contributed by atoms with Crippen molar-refractivity contribution in [2.75, 3.05) is 13.1 Å². The molecule has 4 N–H and O–H groups in total. The van der Waals surface area contributed by atoms with Crippen LogP contribution in [0.1, 0.15) is 26.3 Å². The molecule has 0 heterocycles. The van der Waals surface area contributed by atoms with Crippen molar-refractivity contribution in [3.63, 3.8) is 0 Å². The Kier molecular flexibility index (Phi) is 7.76. The van der Waals surface area contributed by atoms with E-state index in [-0.39, 0.29) is 5.91 Å². The second-order valence-electron chi connectivity index (χ2n) is 5.04. The fourth-order valence-corrected chi connectivity index (χ4v) is 2.16. The first kappa shape index (κ1) is 18.6. The van der Waals surface area contributed by atoms with Crippen LogP contribution < -0.4 is 16.5 Å². The Morgan fingerprint density at radius 3 is 2.35 bits per heavy atom. The van der Waals surface area contributed by atoms with E-state index in [2.05, 4.69) is 15.8 Å². The highest BCUT2D eigenvalue weighted by Gasteiger charge is 2.25. The van der Waals surface area contributed by atoms with Crippen molar-refractivity contribution in [3.8, 4) is 0 Å². The van der Waals surface area contributed by atoms with Crippen LogP contribution in [0.2, 0.25) is 0 Å². The maximum absolute atomic E-state index is 12.7. The number of carbonyl (C=O) groups excluding carboxylic acids is 2. The molecule has 126 valence electrons. The lowest BCUT2D eigenvalue weighted by atomic mass is 10.1. The highest BCUT2D eigenvalue weighted by molar-refractivity contribution is 6.07. The lowest BCUT2D eigenvalue weighted by Gasteiger charge is -2.26. The van der Waals surface area contributed by atoms with Crippen LogP contribution in [0.3, 0.4) is 0 Å². The maximum Gasteiger partial charge on any atom is 0.332 e. The molecule has 3 amide bonds. The van der Waals surface area contributed by atoms with Gasteiger partial charge in [0, 0.05) is 19.6 Å². The summed E-state index contributed by atoms with van der Waals surface area (Å²) in [7, 11) is 0. The summed E-state index contributed by atoms with van der Waals surface area (Å²) >= 11 is 0. The fourth-order valence-electron chi connectivity index (χ4n) is 2.16. The molecule has 1 aromatic rings. The number of carbonyl (C=O) groups is 2. The van der Waals surface area contributed by atoms with E-state index in [9.17, 15) is 9.59 Å². The molecule has 0 aliphatic heterocycles. The van der Waals surface area contributed by atoms with Crippen molar-refractivity contribution >= 4 is 17.6 Å². The van der Waals surface area contributed by atoms with Gasteiger partial charge in [0.15, 0.2) is 0 Å². The first-order valence-electron chi connectivity index (χ1n) is 7.65. The fraction of sp³-hybridized carbons (Fsp3) is 0.438. The van der Waals surface area contributed by atoms with Crippen LogP contribution >= 0.6 is 0 Å². The van der Waals surface area contributed by atoms with Gasteiger partial charge in [0.2, 0.25) is 5.91 Å². The summed E-state index contributed by atoms with van der Waals surface area (Å²) in [5, 5.41) is 7.08. The summed E-state index contributed by atoms with van der Waals surface area (Å²) in [5.41, 5.74) is 8.70. The molecule has 0 saturated heterocycles. The van der Waals surface area contributed by atoms with E-state index in [1.54, 1.807) is 11.8 Å². The molecule has 0 bridgehead atoms. The lowest BCUT2D eigenvalue weighted by Crippen LogP contribution is -2.50. The lowest BCUT2D eigenvalue weighted by molar-refractivity contribution is -0.131. The molecule has 0 aliphatic rings. The predicted molar refractivity (Wildman–Crippen MR) is 90.8 cm³/mol. The van der Waals surface area contributed by atoms with Crippen molar-refractivity contribution in [1.29, 1.82) is 0 Å². The number of primary amides is 1. The Bertz CT molecular complexity index is 541. The first-order chi connectivity index (χ1) is 11.0. The van der Waals surface area contributed by atoms with Crippen LogP contribution in [0, 0.1) is 0 Å². The van der Waals surface area contributed by atoms with Crippen molar-refractivity contribution < 1.29 is 9.59 Å². The minimum atomic E-state index is -0.763. The number of nitrogens with two attached hydrogens (primary N) is 1. The van der Waals surface area contributed by atoms with Gasteiger partial charge in [0.1, 0.15) is 6.04 Å². The molecule has 0 spiro atoms. The molecular formula is C16H25N5O2.